The predicted octanol–water partition coefficient (Wildman–Crippen LogP) is 4.21. The summed E-state index contributed by atoms with van der Waals surface area (Å²) in [5.74, 6) is -0.0327. The molecule has 0 saturated carbocycles. The molecule has 0 saturated heterocycles. The van der Waals surface area contributed by atoms with Gasteiger partial charge in [0.15, 0.2) is 0 Å². The Morgan fingerprint density at radius 2 is 1.64 bits per heavy atom. The van der Waals surface area contributed by atoms with Gasteiger partial charge in [-0.25, -0.2) is 5.01 Å². The minimum Gasteiger partial charge on any atom is -0.426 e. The molecule has 1 aliphatic rings. The lowest BCUT2D eigenvalue weighted by Crippen LogP contribution is -2.37. The number of hydrogen-bond acceptors (Lipinski definition) is 4. The van der Waals surface area contributed by atoms with E-state index in [0.717, 1.165) is 27.6 Å². The highest BCUT2D eigenvalue weighted by Crippen LogP contribution is 2.38. The fourth-order valence-corrected chi connectivity index (χ4v) is 3.55. The molecule has 0 aromatic heterocycles. The number of carbonyl (C=O) groups is 2. The van der Waals surface area contributed by atoms with Crippen molar-refractivity contribution in [1.82, 2.24) is 10.4 Å². The molecular formula is C23H20N2O3. The smallest absolute Gasteiger partial charge is 0.308 e. The molecule has 1 aliphatic heterocycles. The first-order chi connectivity index (χ1) is 13.5. The van der Waals surface area contributed by atoms with E-state index in [-0.39, 0.29) is 11.9 Å². The van der Waals surface area contributed by atoms with Gasteiger partial charge in [0.25, 0.3) is 0 Å². The molecule has 3 aromatic rings. The number of ether oxygens (including phenoxy) is 1. The van der Waals surface area contributed by atoms with Crippen molar-refractivity contribution in [2.24, 2.45) is 0 Å². The van der Waals surface area contributed by atoms with Crippen molar-refractivity contribution in [2.45, 2.75) is 19.9 Å². The molecule has 1 atom stereocenters. The third-order valence-electron chi connectivity index (χ3n) is 4.74. The summed E-state index contributed by atoms with van der Waals surface area (Å²) in [5.41, 5.74) is 5.70. The van der Waals surface area contributed by atoms with Crippen LogP contribution in [0.2, 0.25) is 0 Å². The zero-order valence-corrected chi connectivity index (χ0v) is 15.7. The maximum Gasteiger partial charge on any atom is 0.308 e. The van der Waals surface area contributed by atoms with Crippen LogP contribution in [-0.2, 0) is 9.59 Å². The Kier molecular flexibility index (Phi) is 4.57. The first kappa shape index (κ1) is 17.8. The lowest BCUT2D eigenvalue weighted by Gasteiger charge is -2.24. The van der Waals surface area contributed by atoms with Crippen molar-refractivity contribution in [3.8, 4) is 5.75 Å². The van der Waals surface area contributed by atoms with Crippen LogP contribution in [0.15, 0.2) is 72.8 Å². The predicted molar refractivity (Wildman–Crippen MR) is 108 cm³/mol. The Balaban J connectivity index is 1.89. The number of carbonyl (C=O) groups excluding carboxylic acids is 2. The maximum absolute atomic E-state index is 12.3. The van der Waals surface area contributed by atoms with Gasteiger partial charge in [-0.05, 0) is 28.5 Å². The van der Waals surface area contributed by atoms with E-state index < -0.39 is 5.97 Å². The first-order valence-electron chi connectivity index (χ1n) is 9.08. The molecule has 5 heteroatoms. The normalized spacial score (nSPS) is 15.9. The summed E-state index contributed by atoms with van der Waals surface area (Å²) < 4.78 is 5.48. The number of nitrogens with zero attached hydrogens (tertiary/aromatic N) is 1. The number of benzene rings is 3. The van der Waals surface area contributed by atoms with Gasteiger partial charge in [0.2, 0.25) is 5.91 Å². The van der Waals surface area contributed by atoms with Gasteiger partial charge < -0.3 is 4.74 Å². The van der Waals surface area contributed by atoms with E-state index in [1.54, 1.807) is 11.1 Å². The van der Waals surface area contributed by atoms with E-state index in [1.807, 2.05) is 66.7 Å². The zero-order valence-electron chi connectivity index (χ0n) is 15.7. The topological polar surface area (TPSA) is 58.6 Å². The van der Waals surface area contributed by atoms with Crippen LogP contribution in [0.25, 0.3) is 16.5 Å². The number of hydrogen-bond donors (Lipinski definition) is 1. The Labute approximate surface area is 163 Å². The number of nitrogens with one attached hydrogen (secondary N) is 1. The number of amides is 1. The summed E-state index contributed by atoms with van der Waals surface area (Å²) in [6, 6.07) is 21.1. The van der Waals surface area contributed by atoms with Crippen molar-refractivity contribution in [3.05, 3.63) is 83.9 Å². The van der Waals surface area contributed by atoms with E-state index in [4.69, 9.17) is 4.74 Å². The fraction of sp³-hybridized carbons (Fsp3) is 0.130. The average Bonchev–Trinajstić information content (AvgIpc) is 3.13. The largest absolute Gasteiger partial charge is 0.426 e. The zero-order chi connectivity index (χ0) is 19.7. The molecule has 1 N–H and O–H groups in total. The SMILES string of the molecule is CC(=O)Oc1ccc2ccccc2c1C1=C[C@H](c2ccccc2)N(C(C)=O)N1. The molecule has 0 fully saturated rings. The molecule has 28 heavy (non-hydrogen) atoms. The average molecular weight is 372 g/mol. The van der Waals surface area contributed by atoms with Crippen LogP contribution >= 0.6 is 0 Å². The summed E-state index contributed by atoms with van der Waals surface area (Å²) in [6.07, 6.45) is 1.99. The first-order valence-corrected chi connectivity index (χ1v) is 9.08. The Hall–Kier alpha value is -3.60. The molecule has 5 nitrogen and oxygen atoms in total. The summed E-state index contributed by atoms with van der Waals surface area (Å²) in [5, 5.41) is 3.55. The highest BCUT2D eigenvalue weighted by Gasteiger charge is 2.30. The molecule has 0 bridgehead atoms. The number of rotatable bonds is 3. The molecule has 4 rings (SSSR count). The van der Waals surface area contributed by atoms with E-state index in [2.05, 4.69) is 5.43 Å². The summed E-state index contributed by atoms with van der Waals surface area (Å²) in [4.78, 5) is 23.9. The van der Waals surface area contributed by atoms with E-state index in [1.165, 1.54) is 13.8 Å². The van der Waals surface area contributed by atoms with Crippen LogP contribution in [0, 0.1) is 0 Å². The minimum absolute atomic E-state index is 0.102. The summed E-state index contributed by atoms with van der Waals surface area (Å²) in [7, 11) is 0. The molecule has 0 radical (unpaired) electrons. The van der Waals surface area contributed by atoms with Gasteiger partial charge in [0.1, 0.15) is 5.75 Å². The highest BCUT2D eigenvalue weighted by molar-refractivity contribution is 5.98. The van der Waals surface area contributed by atoms with Gasteiger partial charge in [0, 0.05) is 19.4 Å². The highest BCUT2D eigenvalue weighted by atomic mass is 16.5. The molecule has 3 aromatic carbocycles. The van der Waals surface area contributed by atoms with E-state index in [9.17, 15) is 9.59 Å². The molecule has 0 unspecified atom stereocenters. The van der Waals surface area contributed by atoms with Crippen molar-refractivity contribution in [3.63, 3.8) is 0 Å². The lowest BCUT2D eigenvalue weighted by atomic mass is 9.99. The summed E-state index contributed by atoms with van der Waals surface area (Å²) in [6.45, 7) is 2.90. The second kappa shape index (κ2) is 7.19. The quantitative estimate of drug-likeness (QED) is 0.553. The van der Waals surface area contributed by atoms with Gasteiger partial charge >= 0.3 is 5.97 Å². The standard InChI is InChI=1S/C23H20N2O3/c1-15(26)25-21(18-9-4-3-5-10-18)14-20(24-25)23-19-11-7-6-8-17(19)12-13-22(23)28-16(2)27/h3-14,21,24H,1-2H3/t21-/m1/s1. The molecular weight excluding hydrogens is 352 g/mol. The third-order valence-corrected chi connectivity index (χ3v) is 4.74. The second-order valence-corrected chi connectivity index (χ2v) is 6.69. The molecule has 1 heterocycles. The van der Waals surface area contributed by atoms with Crippen LogP contribution in [0.5, 0.6) is 5.75 Å². The van der Waals surface area contributed by atoms with Crippen molar-refractivity contribution in [1.29, 1.82) is 0 Å². The fourth-order valence-electron chi connectivity index (χ4n) is 3.55. The van der Waals surface area contributed by atoms with Crippen LogP contribution in [0.1, 0.15) is 31.0 Å². The van der Waals surface area contributed by atoms with Crippen LogP contribution in [0.4, 0.5) is 0 Å². The Morgan fingerprint density at radius 3 is 2.36 bits per heavy atom. The van der Waals surface area contributed by atoms with Crippen molar-refractivity contribution < 1.29 is 14.3 Å². The van der Waals surface area contributed by atoms with E-state index >= 15 is 0 Å². The van der Waals surface area contributed by atoms with Crippen molar-refractivity contribution >= 4 is 28.3 Å². The minimum atomic E-state index is -0.391. The van der Waals surface area contributed by atoms with E-state index in [0.29, 0.717) is 5.75 Å². The second-order valence-electron chi connectivity index (χ2n) is 6.69. The third kappa shape index (κ3) is 3.22. The molecule has 0 aliphatic carbocycles. The maximum atomic E-state index is 12.3. The number of fused-ring (bicyclic) bond motifs is 1. The summed E-state index contributed by atoms with van der Waals surface area (Å²) >= 11 is 0. The lowest BCUT2D eigenvalue weighted by molar-refractivity contribution is -0.133. The van der Waals surface area contributed by atoms with Crippen molar-refractivity contribution in [2.75, 3.05) is 0 Å². The Bertz CT molecular complexity index is 1090. The monoisotopic (exact) mass is 372 g/mol. The van der Waals surface area contributed by atoms with Gasteiger partial charge in [-0.3, -0.25) is 15.0 Å². The van der Waals surface area contributed by atoms with Crippen LogP contribution in [-0.4, -0.2) is 16.9 Å². The molecule has 140 valence electrons. The Morgan fingerprint density at radius 1 is 0.929 bits per heavy atom. The van der Waals surface area contributed by atoms with Crippen LogP contribution < -0.4 is 10.2 Å². The van der Waals surface area contributed by atoms with Gasteiger partial charge in [0.05, 0.1) is 11.7 Å². The molecule has 0 spiro atoms. The number of hydrazine groups is 1. The molecule has 1 amide bonds. The van der Waals surface area contributed by atoms with Gasteiger partial charge in [-0.2, -0.15) is 0 Å². The van der Waals surface area contributed by atoms with Gasteiger partial charge in [-0.1, -0.05) is 60.7 Å². The number of esters is 1. The van der Waals surface area contributed by atoms with Gasteiger partial charge in [-0.15, -0.1) is 0 Å². The van der Waals surface area contributed by atoms with Crippen LogP contribution in [0.3, 0.4) is 0 Å².